The van der Waals surface area contributed by atoms with Crippen LogP contribution < -0.4 is 10.0 Å². The number of sulfonamides is 1. The summed E-state index contributed by atoms with van der Waals surface area (Å²) in [4.78, 5) is 4.30. The third-order valence-electron chi connectivity index (χ3n) is 3.57. The summed E-state index contributed by atoms with van der Waals surface area (Å²) >= 11 is 0. The van der Waals surface area contributed by atoms with Crippen LogP contribution in [0.3, 0.4) is 0 Å². The maximum Gasteiger partial charge on any atom is 0.241 e. The first kappa shape index (κ1) is 16.5. The molecule has 1 aromatic carbocycles. The molecule has 0 aliphatic heterocycles. The van der Waals surface area contributed by atoms with Crippen LogP contribution in [0.2, 0.25) is 0 Å². The van der Waals surface area contributed by atoms with E-state index >= 15 is 0 Å². The highest BCUT2D eigenvalue weighted by molar-refractivity contribution is 7.89. The lowest BCUT2D eigenvalue weighted by Gasteiger charge is -2.12. The fraction of sp³-hybridized carbons (Fsp3) is 0.312. The predicted octanol–water partition coefficient (Wildman–Crippen LogP) is 2.60. The van der Waals surface area contributed by atoms with Gasteiger partial charge in [-0.05, 0) is 37.1 Å². The minimum Gasteiger partial charge on any atom is -0.370 e. The summed E-state index contributed by atoms with van der Waals surface area (Å²) in [6.07, 6.45) is 2.33. The zero-order valence-corrected chi connectivity index (χ0v) is 13.6. The van der Waals surface area contributed by atoms with Crippen LogP contribution in [0.1, 0.15) is 24.8 Å². The molecule has 0 saturated heterocycles. The zero-order valence-electron chi connectivity index (χ0n) is 12.8. The molecule has 0 amide bonds. The molecule has 2 aromatic rings. The average Bonchev–Trinajstić information content (AvgIpc) is 2.56. The minimum absolute atomic E-state index is 0.165. The lowest BCUT2D eigenvalue weighted by molar-refractivity contribution is 0.588. The van der Waals surface area contributed by atoms with Crippen molar-refractivity contribution < 1.29 is 8.42 Å². The summed E-state index contributed by atoms with van der Waals surface area (Å²) in [6, 6.07) is 13.6. The summed E-state index contributed by atoms with van der Waals surface area (Å²) in [5.74, 6) is 1.13. The van der Waals surface area contributed by atoms with Crippen LogP contribution in [0, 0.1) is 0 Å². The second kappa shape index (κ2) is 7.38. The van der Waals surface area contributed by atoms with Gasteiger partial charge in [-0.2, -0.15) is 0 Å². The zero-order chi connectivity index (χ0) is 16.0. The van der Waals surface area contributed by atoms with Gasteiger partial charge >= 0.3 is 0 Å². The Kier molecular flexibility index (Phi) is 5.51. The minimum atomic E-state index is -3.43. The van der Waals surface area contributed by atoms with Gasteiger partial charge in [0.05, 0.1) is 0 Å². The highest BCUT2D eigenvalue weighted by Gasteiger charge is 2.11. The van der Waals surface area contributed by atoms with Gasteiger partial charge in [-0.25, -0.2) is 18.1 Å². The van der Waals surface area contributed by atoms with Crippen LogP contribution in [0.25, 0.3) is 0 Å². The summed E-state index contributed by atoms with van der Waals surface area (Å²) in [5, 5.41) is 3.22. The van der Waals surface area contributed by atoms with Gasteiger partial charge in [-0.3, -0.25) is 0 Å². The van der Waals surface area contributed by atoms with Crippen LogP contribution in [0.5, 0.6) is 0 Å². The largest absolute Gasteiger partial charge is 0.370 e. The van der Waals surface area contributed by atoms with Crippen LogP contribution >= 0.6 is 0 Å². The molecule has 22 heavy (non-hydrogen) atoms. The Morgan fingerprint density at radius 3 is 2.45 bits per heavy atom. The first-order valence-electron chi connectivity index (χ1n) is 7.21. The van der Waals surface area contributed by atoms with Crippen LogP contribution in [-0.2, 0) is 10.0 Å². The van der Waals surface area contributed by atoms with Gasteiger partial charge in [0.15, 0.2) is 0 Å². The van der Waals surface area contributed by atoms with E-state index in [1.165, 1.54) is 18.8 Å². The standard InChI is InChI=1S/C16H21N3O2S/c1-13(14-6-4-3-5-7-14)10-11-18-16-9-8-15(12-19-16)22(20,21)17-2/h3-9,12-13,17H,10-11H2,1-2H3,(H,18,19). The fourth-order valence-corrected chi connectivity index (χ4v) is 2.80. The second-order valence-corrected chi connectivity index (χ2v) is 7.00. The fourth-order valence-electron chi connectivity index (χ4n) is 2.13. The van der Waals surface area contributed by atoms with Crippen molar-refractivity contribution in [3.63, 3.8) is 0 Å². The third kappa shape index (κ3) is 4.29. The summed E-state index contributed by atoms with van der Waals surface area (Å²) in [7, 11) is -2.04. The number of rotatable bonds is 7. The Balaban J connectivity index is 1.87. The molecule has 0 radical (unpaired) electrons. The van der Waals surface area contributed by atoms with E-state index in [1.807, 2.05) is 18.2 Å². The Bertz CT molecular complexity index is 685. The van der Waals surface area contributed by atoms with Gasteiger partial charge < -0.3 is 5.32 Å². The molecule has 0 aliphatic carbocycles. The molecule has 5 nitrogen and oxygen atoms in total. The van der Waals surface area contributed by atoms with Crippen LogP contribution in [-0.4, -0.2) is 27.0 Å². The van der Waals surface area contributed by atoms with Gasteiger partial charge in [0.25, 0.3) is 0 Å². The number of nitrogens with one attached hydrogen (secondary N) is 2. The maximum atomic E-state index is 11.6. The molecule has 1 unspecified atom stereocenters. The number of aromatic nitrogens is 1. The van der Waals surface area contributed by atoms with E-state index in [1.54, 1.807) is 12.1 Å². The van der Waals surface area contributed by atoms with Crippen molar-refractivity contribution in [2.75, 3.05) is 18.9 Å². The van der Waals surface area contributed by atoms with Crippen molar-refractivity contribution in [2.24, 2.45) is 0 Å². The van der Waals surface area contributed by atoms with E-state index in [4.69, 9.17) is 0 Å². The van der Waals surface area contributed by atoms with E-state index in [-0.39, 0.29) is 4.90 Å². The van der Waals surface area contributed by atoms with Crippen LogP contribution in [0.4, 0.5) is 5.82 Å². The SMILES string of the molecule is CNS(=O)(=O)c1ccc(NCCC(C)c2ccccc2)nc1. The van der Waals surface area contributed by atoms with Crippen molar-refractivity contribution in [3.8, 4) is 0 Å². The monoisotopic (exact) mass is 319 g/mol. The molecule has 0 fully saturated rings. The number of nitrogens with zero attached hydrogens (tertiary/aromatic N) is 1. The molecular formula is C16H21N3O2S. The quantitative estimate of drug-likeness (QED) is 0.823. The highest BCUT2D eigenvalue weighted by atomic mass is 32.2. The van der Waals surface area contributed by atoms with Crippen molar-refractivity contribution >= 4 is 15.8 Å². The third-order valence-corrected chi connectivity index (χ3v) is 4.97. The van der Waals surface area contributed by atoms with E-state index in [0.29, 0.717) is 11.7 Å². The molecule has 1 heterocycles. The second-order valence-electron chi connectivity index (χ2n) is 5.11. The van der Waals surface area contributed by atoms with Gasteiger partial charge in [-0.15, -0.1) is 0 Å². The smallest absolute Gasteiger partial charge is 0.241 e. The molecule has 0 saturated carbocycles. The Morgan fingerprint density at radius 1 is 1.14 bits per heavy atom. The molecule has 118 valence electrons. The van der Waals surface area contributed by atoms with Crippen molar-refractivity contribution in [3.05, 3.63) is 54.2 Å². The molecule has 0 bridgehead atoms. The van der Waals surface area contributed by atoms with Crippen molar-refractivity contribution in [2.45, 2.75) is 24.2 Å². The summed E-state index contributed by atoms with van der Waals surface area (Å²) in [5.41, 5.74) is 1.31. The lowest BCUT2D eigenvalue weighted by atomic mass is 9.98. The molecule has 1 aromatic heterocycles. The normalized spacial score (nSPS) is 12.8. The molecule has 0 aliphatic rings. The number of hydrogen-bond donors (Lipinski definition) is 2. The van der Waals surface area contributed by atoms with E-state index in [0.717, 1.165) is 13.0 Å². The number of benzene rings is 1. The molecule has 1 atom stereocenters. The average molecular weight is 319 g/mol. The van der Waals surface area contributed by atoms with Gasteiger partial charge in [0.2, 0.25) is 10.0 Å². The van der Waals surface area contributed by atoms with Crippen molar-refractivity contribution in [1.82, 2.24) is 9.71 Å². The van der Waals surface area contributed by atoms with E-state index < -0.39 is 10.0 Å². The topological polar surface area (TPSA) is 71.1 Å². The number of anilines is 1. The molecule has 6 heteroatoms. The van der Waals surface area contributed by atoms with Gasteiger partial charge in [0.1, 0.15) is 10.7 Å². The summed E-state index contributed by atoms with van der Waals surface area (Å²) in [6.45, 7) is 2.97. The van der Waals surface area contributed by atoms with E-state index in [9.17, 15) is 8.42 Å². The van der Waals surface area contributed by atoms with Gasteiger partial charge in [-0.1, -0.05) is 37.3 Å². The molecule has 0 spiro atoms. The number of hydrogen-bond acceptors (Lipinski definition) is 4. The lowest BCUT2D eigenvalue weighted by Crippen LogP contribution is -2.18. The Labute approximate surface area is 131 Å². The first-order chi connectivity index (χ1) is 10.5. The molecular weight excluding hydrogens is 298 g/mol. The van der Waals surface area contributed by atoms with Gasteiger partial charge in [0, 0.05) is 12.7 Å². The molecule has 2 rings (SSSR count). The van der Waals surface area contributed by atoms with Crippen molar-refractivity contribution in [1.29, 1.82) is 0 Å². The van der Waals surface area contributed by atoms with Crippen LogP contribution in [0.15, 0.2) is 53.6 Å². The Morgan fingerprint density at radius 2 is 1.86 bits per heavy atom. The first-order valence-corrected chi connectivity index (χ1v) is 8.69. The van der Waals surface area contributed by atoms with E-state index in [2.05, 4.69) is 34.1 Å². The summed E-state index contributed by atoms with van der Waals surface area (Å²) < 4.78 is 25.5. The molecule has 2 N–H and O–H groups in total. The highest BCUT2D eigenvalue weighted by Crippen LogP contribution is 2.18. The number of pyridine rings is 1. The maximum absolute atomic E-state index is 11.6. The Hall–Kier alpha value is -1.92. The predicted molar refractivity (Wildman–Crippen MR) is 88.4 cm³/mol.